The van der Waals surface area contributed by atoms with Gasteiger partial charge in [-0.2, -0.15) is 0 Å². The molecule has 0 aliphatic carbocycles. The van der Waals surface area contributed by atoms with Gasteiger partial charge in [0.15, 0.2) is 17.5 Å². The maximum absolute atomic E-state index is 6.21. The summed E-state index contributed by atoms with van der Waals surface area (Å²) in [4.78, 5) is 15.4. The summed E-state index contributed by atoms with van der Waals surface area (Å²) in [6.45, 7) is 0.734. The van der Waals surface area contributed by atoms with Crippen LogP contribution in [0.1, 0.15) is 5.56 Å². The highest BCUT2D eigenvalue weighted by Crippen LogP contribution is 2.40. The van der Waals surface area contributed by atoms with Gasteiger partial charge in [-0.25, -0.2) is 15.0 Å². The van der Waals surface area contributed by atoms with Crippen molar-refractivity contribution in [1.82, 2.24) is 15.0 Å². The number of rotatable bonds is 3. The van der Waals surface area contributed by atoms with E-state index in [1.807, 2.05) is 12.1 Å². The summed E-state index contributed by atoms with van der Waals surface area (Å²) >= 11 is 0. The van der Waals surface area contributed by atoms with E-state index in [2.05, 4.69) is 133 Å². The lowest BCUT2D eigenvalue weighted by Gasteiger charge is -2.12. The van der Waals surface area contributed by atoms with Gasteiger partial charge in [0.05, 0.1) is 0 Å². The first-order valence-corrected chi connectivity index (χ1v) is 15.8. The number of hydrogen-bond donors (Lipinski definition) is 1. The molecular weight excluding hydrogens is 576 g/mol. The molecule has 220 valence electrons. The molecule has 0 atom stereocenters. The average Bonchev–Trinajstić information content (AvgIpc) is 3.53. The van der Waals surface area contributed by atoms with Crippen LogP contribution >= 0.6 is 0 Å². The van der Waals surface area contributed by atoms with Crippen molar-refractivity contribution >= 4 is 66.0 Å². The minimum absolute atomic E-state index is 0.608. The van der Waals surface area contributed by atoms with Gasteiger partial charge in [-0.15, -0.1) is 0 Å². The number of nitrogens with one attached hydrogen (secondary N) is 1. The molecule has 1 N–H and O–H groups in total. The molecule has 0 amide bonds. The van der Waals surface area contributed by atoms with Crippen molar-refractivity contribution < 1.29 is 4.42 Å². The van der Waals surface area contributed by atoms with Crippen molar-refractivity contribution in [3.63, 3.8) is 0 Å². The Morgan fingerprint density at radius 3 is 2.00 bits per heavy atom. The molecule has 0 radical (unpaired) electrons. The Hall–Kier alpha value is -6.33. The first kappa shape index (κ1) is 25.9. The summed E-state index contributed by atoms with van der Waals surface area (Å²) in [5, 5.41) is 14.0. The van der Waals surface area contributed by atoms with E-state index in [4.69, 9.17) is 19.4 Å². The van der Waals surface area contributed by atoms with Crippen molar-refractivity contribution in [3.05, 3.63) is 139 Å². The number of aromatic nitrogens is 3. The Morgan fingerprint density at radius 2 is 1.15 bits per heavy atom. The Labute approximate surface area is 269 Å². The van der Waals surface area contributed by atoms with Crippen LogP contribution in [0.5, 0.6) is 0 Å². The van der Waals surface area contributed by atoms with Crippen molar-refractivity contribution in [2.75, 3.05) is 11.9 Å². The highest BCUT2D eigenvalue weighted by atomic mass is 16.3. The van der Waals surface area contributed by atoms with Gasteiger partial charge >= 0.3 is 0 Å². The smallest absolute Gasteiger partial charge is 0.201 e. The third-order valence-electron chi connectivity index (χ3n) is 9.30. The molecule has 47 heavy (non-hydrogen) atoms. The lowest BCUT2D eigenvalue weighted by Crippen LogP contribution is -2.02. The number of benzene rings is 7. The second-order valence-corrected chi connectivity index (χ2v) is 12.1. The molecule has 5 nitrogen and oxygen atoms in total. The predicted molar refractivity (Wildman–Crippen MR) is 193 cm³/mol. The fraction of sp³-hybridized carbons (Fsp3) is 0.0238. The van der Waals surface area contributed by atoms with Crippen LogP contribution in [0.15, 0.2) is 138 Å². The average molecular weight is 603 g/mol. The number of hydrogen-bond acceptors (Lipinski definition) is 5. The number of nitrogens with zero attached hydrogens (tertiary/aromatic N) is 3. The molecular formula is C42H26N4O. The van der Waals surface area contributed by atoms with E-state index >= 15 is 0 Å². The summed E-state index contributed by atoms with van der Waals surface area (Å²) in [5.41, 5.74) is 4.60. The molecule has 0 saturated heterocycles. The molecule has 7 aromatic carbocycles. The molecule has 5 heteroatoms. The molecule has 1 aliphatic rings. The molecule has 10 rings (SSSR count). The van der Waals surface area contributed by atoms with Gasteiger partial charge in [0.2, 0.25) is 5.88 Å². The van der Waals surface area contributed by atoms with Gasteiger partial charge in [-0.3, -0.25) is 0 Å². The third-order valence-corrected chi connectivity index (χ3v) is 9.30. The van der Waals surface area contributed by atoms with E-state index in [0.29, 0.717) is 17.5 Å². The van der Waals surface area contributed by atoms with Crippen LogP contribution in [0.3, 0.4) is 0 Å². The molecule has 0 bridgehead atoms. The highest BCUT2D eigenvalue weighted by Gasteiger charge is 2.21. The lowest BCUT2D eigenvalue weighted by atomic mass is 9.96. The minimum atomic E-state index is 0.608. The maximum Gasteiger partial charge on any atom is 0.201 e. The maximum atomic E-state index is 6.21. The van der Waals surface area contributed by atoms with Gasteiger partial charge in [0.1, 0.15) is 5.58 Å². The van der Waals surface area contributed by atoms with Gasteiger partial charge < -0.3 is 9.73 Å². The van der Waals surface area contributed by atoms with Crippen LogP contribution in [0.25, 0.3) is 94.3 Å². The van der Waals surface area contributed by atoms with Crippen molar-refractivity contribution in [2.24, 2.45) is 0 Å². The normalized spacial score (nSPS) is 12.7. The van der Waals surface area contributed by atoms with E-state index in [9.17, 15) is 0 Å². The molecule has 1 aliphatic heterocycles. The van der Waals surface area contributed by atoms with Crippen LogP contribution in [0, 0.1) is 0 Å². The quantitative estimate of drug-likeness (QED) is 0.204. The fourth-order valence-corrected chi connectivity index (χ4v) is 7.03. The second-order valence-electron chi connectivity index (χ2n) is 12.1. The number of fused-ring (bicyclic) bond motifs is 9. The van der Waals surface area contributed by atoms with E-state index in [1.165, 1.54) is 32.3 Å². The Balaban J connectivity index is 1.20. The molecule has 9 aromatic rings. The van der Waals surface area contributed by atoms with E-state index in [1.54, 1.807) is 0 Å². The van der Waals surface area contributed by atoms with Crippen molar-refractivity contribution in [2.45, 2.75) is 0 Å². The van der Waals surface area contributed by atoms with Crippen LogP contribution in [-0.4, -0.2) is 21.5 Å². The van der Waals surface area contributed by atoms with Crippen LogP contribution < -0.4 is 5.32 Å². The second kappa shape index (κ2) is 10.1. The van der Waals surface area contributed by atoms with E-state index in [0.717, 1.165) is 56.4 Å². The largest absolute Gasteiger partial charge is 0.440 e. The van der Waals surface area contributed by atoms with Gasteiger partial charge in [0, 0.05) is 34.2 Å². The van der Waals surface area contributed by atoms with Crippen molar-refractivity contribution in [1.29, 1.82) is 0 Å². The zero-order chi connectivity index (χ0) is 30.9. The SMILES string of the molecule is C1=Cc2c(oc3cccc(-c4nc(-c5ccc6ccccc6c5)nc(-c5ccc6c(ccc7c8ccccc8ccc67)c5)n4)c23)NC1. The Bertz CT molecular complexity index is 2760. The first-order valence-electron chi connectivity index (χ1n) is 15.8. The molecule has 0 unspecified atom stereocenters. The fourth-order valence-electron chi connectivity index (χ4n) is 7.03. The number of anilines is 1. The van der Waals surface area contributed by atoms with E-state index < -0.39 is 0 Å². The standard InChI is InChI=1S/C42H26N4O/c1-2-9-27-23-29(15-14-25(27)7-1)39-44-40(46-41(45-39)35-11-5-13-37-38(35)36-12-6-22-43-42(36)47-37)30-18-19-32-28(24-30)17-21-33-31-10-4-3-8-26(31)16-20-34(32)33/h1-21,23-24,43H,22H2. The topological polar surface area (TPSA) is 63.8 Å². The first-order chi connectivity index (χ1) is 23.3. The minimum Gasteiger partial charge on any atom is -0.440 e. The summed E-state index contributed by atoms with van der Waals surface area (Å²) < 4.78 is 6.21. The summed E-state index contributed by atoms with van der Waals surface area (Å²) in [7, 11) is 0. The van der Waals surface area contributed by atoms with Crippen LogP contribution in [0.2, 0.25) is 0 Å². The molecule has 2 aromatic heterocycles. The van der Waals surface area contributed by atoms with Gasteiger partial charge in [0.25, 0.3) is 0 Å². The van der Waals surface area contributed by atoms with E-state index in [-0.39, 0.29) is 0 Å². The summed E-state index contributed by atoms with van der Waals surface area (Å²) in [6, 6.07) is 44.8. The van der Waals surface area contributed by atoms with Crippen LogP contribution in [0.4, 0.5) is 5.88 Å². The highest BCUT2D eigenvalue weighted by molar-refractivity contribution is 6.17. The third kappa shape index (κ3) is 4.14. The zero-order valence-corrected chi connectivity index (χ0v) is 25.2. The molecule has 0 saturated carbocycles. The molecule has 0 spiro atoms. The number of furan rings is 1. The predicted octanol–water partition coefficient (Wildman–Crippen LogP) is 10.7. The lowest BCUT2D eigenvalue weighted by molar-refractivity contribution is 0.628. The molecule has 3 heterocycles. The monoisotopic (exact) mass is 602 g/mol. The molecule has 0 fully saturated rings. The Morgan fingerprint density at radius 1 is 0.511 bits per heavy atom. The summed E-state index contributed by atoms with van der Waals surface area (Å²) in [5.74, 6) is 2.63. The summed E-state index contributed by atoms with van der Waals surface area (Å²) in [6.07, 6.45) is 4.22. The van der Waals surface area contributed by atoms with Crippen LogP contribution in [-0.2, 0) is 0 Å². The zero-order valence-electron chi connectivity index (χ0n) is 25.2. The van der Waals surface area contributed by atoms with Gasteiger partial charge in [-0.05, 0) is 61.3 Å². The van der Waals surface area contributed by atoms with Gasteiger partial charge in [-0.1, -0.05) is 121 Å². The van der Waals surface area contributed by atoms with Crippen molar-refractivity contribution in [3.8, 4) is 34.2 Å². The Kier molecular flexibility index (Phi) is 5.57.